The Balaban J connectivity index is 1.91. The molecule has 4 rings (SSSR count). The average molecular weight is 395 g/mol. The second-order valence-corrected chi connectivity index (χ2v) is 8.04. The lowest BCUT2D eigenvalue weighted by Gasteiger charge is -2.09. The molecule has 0 bridgehead atoms. The van der Waals surface area contributed by atoms with Gasteiger partial charge in [0.25, 0.3) is 10.0 Å². The minimum Gasteiger partial charge on any atom is -0.497 e. The van der Waals surface area contributed by atoms with E-state index >= 15 is 0 Å². The third-order valence-electron chi connectivity index (χ3n) is 4.66. The molecule has 1 aromatic heterocycles. The number of hydrogen-bond acceptors (Lipinski definition) is 5. The molecule has 0 fully saturated rings. The quantitative estimate of drug-likeness (QED) is 0.491. The summed E-state index contributed by atoms with van der Waals surface area (Å²) in [4.78, 5) is 12.2. The van der Waals surface area contributed by atoms with Crippen LogP contribution in [-0.2, 0) is 14.8 Å². The van der Waals surface area contributed by atoms with Crippen molar-refractivity contribution in [1.29, 1.82) is 0 Å². The standard InChI is InChI=1S/C21H17NO5S/c1-26-16-9-7-15-12-17(10-8-14(15)11-16)28(24,25)22-13-19(21(23)27-2)18-5-3-4-6-20(18)22/h3-13H,1-2H3. The van der Waals surface area contributed by atoms with Crippen LogP contribution in [0.1, 0.15) is 10.4 Å². The number of ether oxygens (including phenoxy) is 2. The lowest BCUT2D eigenvalue weighted by molar-refractivity contribution is 0.0603. The highest BCUT2D eigenvalue weighted by Crippen LogP contribution is 2.29. The number of nitrogens with zero attached hydrogens (tertiary/aromatic N) is 1. The largest absolute Gasteiger partial charge is 0.497 e. The van der Waals surface area contributed by atoms with Gasteiger partial charge in [-0.2, -0.15) is 0 Å². The number of hydrogen-bond donors (Lipinski definition) is 0. The summed E-state index contributed by atoms with van der Waals surface area (Å²) in [6.45, 7) is 0. The summed E-state index contributed by atoms with van der Waals surface area (Å²) in [6.07, 6.45) is 1.31. The number of para-hydroxylation sites is 1. The molecule has 0 aliphatic heterocycles. The van der Waals surface area contributed by atoms with Crippen molar-refractivity contribution < 1.29 is 22.7 Å². The van der Waals surface area contributed by atoms with Gasteiger partial charge in [0.15, 0.2) is 0 Å². The Kier molecular flexibility index (Phi) is 4.31. The summed E-state index contributed by atoms with van der Waals surface area (Å²) in [7, 11) is -1.07. The highest BCUT2D eigenvalue weighted by atomic mass is 32.2. The minimum absolute atomic E-state index is 0.127. The second-order valence-electron chi connectivity index (χ2n) is 6.23. The first kappa shape index (κ1) is 18.1. The highest BCUT2D eigenvalue weighted by Gasteiger charge is 2.24. The summed E-state index contributed by atoms with van der Waals surface area (Å²) in [5.41, 5.74) is 0.616. The minimum atomic E-state index is -3.92. The van der Waals surface area contributed by atoms with Gasteiger partial charge < -0.3 is 9.47 Å². The molecule has 0 saturated carbocycles. The number of carbonyl (C=O) groups excluding carboxylic acids is 1. The second kappa shape index (κ2) is 6.69. The first-order valence-electron chi connectivity index (χ1n) is 8.47. The van der Waals surface area contributed by atoms with Gasteiger partial charge in [0, 0.05) is 11.6 Å². The van der Waals surface area contributed by atoms with Gasteiger partial charge in [-0.25, -0.2) is 17.2 Å². The van der Waals surface area contributed by atoms with E-state index in [9.17, 15) is 13.2 Å². The molecule has 142 valence electrons. The highest BCUT2D eigenvalue weighted by molar-refractivity contribution is 7.90. The van der Waals surface area contributed by atoms with Gasteiger partial charge in [-0.3, -0.25) is 0 Å². The first-order valence-corrected chi connectivity index (χ1v) is 9.91. The fourth-order valence-corrected chi connectivity index (χ4v) is 4.63. The molecule has 0 spiro atoms. The topological polar surface area (TPSA) is 74.6 Å². The Morgan fingerprint density at radius 1 is 0.929 bits per heavy atom. The molecule has 28 heavy (non-hydrogen) atoms. The molecule has 4 aromatic rings. The van der Waals surface area contributed by atoms with Crippen molar-refractivity contribution >= 4 is 37.7 Å². The number of aromatic nitrogens is 1. The van der Waals surface area contributed by atoms with Crippen LogP contribution in [-0.4, -0.2) is 32.6 Å². The number of fused-ring (bicyclic) bond motifs is 2. The van der Waals surface area contributed by atoms with Crippen molar-refractivity contribution in [3.05, 3.63) is 72.4 Å². The Labute approximate surface area is 162 Å². The van der Waals surface area contributed by atoms with Crippen LogP contribution < -0.4 is 4.74 Å². The number of benzene rings is 3. The molecular weight excluding hydrogens is 378 g/mol. The van der Waals surface area contributed by atoms with E-state index in [0.29, 0.717) is 16.7 Å². The maximum atomic E-state index is 13.3. The molecule has 0 aliphatic rings. The van der Waals surface area contributed by atoms with E-state index in [-0.39, 0.29) is 10.5 Å². The number of carbonyl (C=O) groups is 1. The van der Waals surface area contributed by atoms with Gasteiger partial charge in [0.2, 0.25) is 0 Å². The lowest BCUT2D eigenvalue weighted by atomic mass is 10.1. The zero-order valence-electron chi connectivity index (χ0n) is 15.2. The Morgan fingerprint density at radius 3 is 2.39 bits per heavy atom. The van der Waals surface area contributed by atoms with Crippen molar-refractivity contribution in [1.82, 2.24) is 3.97 Å². The van der Waals surface area contributed by atoms with Crippen molar-refractivity contribution in [2.24, 2.45) is 0 Å². The monoisotopic (exact) mass is 395 g/mol. The van der Waals surface area contributed by atoms with E-state index in [4.69, 9.17) is 9.47 Å². The molecule has 3 aromatic carbocycles. The first-order chi connectivity index (χ1) is 13.5. The van der Waals surface area contributed by atoms with Crippen molar-refractivity contribution in [3.8, 4) is 5.75 Å². The smallest absolute Gasteiger partial charge is 0.340 e. The molecule has 0 aliphatic carbocycles. The van der Waals surface area contributed by atoms with Gasteiger partial charge in [0.05, 0.1) is 30.2 Å². The summed E-state index contributed by atoms with van der Waals surface area (Å²) >= 11 is 0. The van der Waals surface area contributed by atoms with Crippen LogP contribution in [0.2, 0.25) is 0 Å². The van der Waals surface area contributed by atoms with Crippen LogP contribution in [0.3, 0.4) is 0 Å². The average Bonchev–Trinajstić information content (AvgIpc) is 3.13. The fourth-order valence-electron chi connectivity index (χ4n) is 3.22. The van der Waals surface area contributed by atoms with Crippen LogP contribution >= 0.6 is 0 Å². The van der Waals surface area contributed by atoms with Crippen LogP contribution in [0.4, 0.5) is 0 Å². The normalized spacial score (nSPS) is 11.6. The van der Waals surface area contributed by atoms with E-state index in [1.165, 1.54) is 13.3 Å². The summed E-state index contributed by atoms with van der Waals surface area (Å²) in [6, 6.07) is 17.1. The number of methoxy groups -OCH3 is 2. The third kappa shape index (κ3) is 2.80. The molecule has 0 amide bonds. The molecule has 6 nitrogen and oxygen atoms in total. The lowest BCUT2D eigenvalue weighted by Crippen LogP contribution is -2.12. The van der Waals surface area contributed by atoms with Gasteiger partial charge in [-0.05, 0) is 41.1 Å². The summed E-state index contributed by atoms with van der Waals surface area (Å²) < 4.78 is 37.8. The maximum Gasteiger partial charge on any atom is 0.340 e. The van der Waals surface area contributed by atoms with Gasteiger partial charge in [0.1, 0.15) is 5.75 Å². The zero-order chi connectivity index (χ0) is 19.9. The van der Waals surface area contributed by atoms with E-state index < -0.39 is 16.0 Å². The van der Waals surface area contributed by atoms with E-state index in [2.05, 4.69) is 0 Å². The Bertz CT molecular complexity index is 1320. The van der Waals surface area contributed by atoms with Crippen LogP contribution in [0.25, 0.3) is 21.7 Å². The van der Waals surface area contributed by atoms with Crippen molar-refractivity contribution in [2.45, 2.75) is 4.90 Å². The fraction of sp³-hybridized carbons (Fsp3) is 0.0952. The molecule has 0 radical (unpaired) electrons. The Morgan fingerprint density at radius 2 is 1.64 bits per heavy atom. The van der Waals surface area contributed by atoms with E-state index in [1.807, 2.05) is 6.07 Å². The maximum absolute atomic E-state index is 13.3. The zero-order valence-corrected chi connectivity index (χ0v) is 16.1. The van der Waals surface area contributed by atoms with Crippen LogP contribution in [0, 0.1) is 0 Å². The Hall–Kier alpha value is -3.32. The summed E-state index contributed by atoms with van der Waals surface area (Å²) in [5, 5.41) is 2.15. The van der Waals surface area contributed by atoms with Crippen molar-refractivity contribution in [3.63, 3.8) is 0 Å². The predicted octanol–water partition coefficient (Wildman–Crippen LogP) is 3.83. The van der Waals surface area contributed by atoms with Gasteiger partial charge in [-0.1, -0.05) is 30.3 Å². The van der Waals surface area contributed by atoms with Crippen molar-refractivity contribution in [2.75, 3.05) is 14.2 Å². The SMILES string of the molecule is COC(=O)c1cn(S(=O)(=O)c2ccc3cc(OC)ccc3c2)c2ccccc12. The number of rotatable bonds is 4. The van der Waals surface area contributed by atoms with E-state index in [1.54, 1.807) is 61.7 Å². The van der Waals surface area contributed by atoms with Gasteiger partial charge >= 0.3 is 5.97 Å². The molecule has 0 N–H and O–H groups in total. The third-order valence-corrected chi connectivity index (χ3v) is 6.33. The molecule has 1 heterocycles. The van der Waals surface area contributed by atoms with Crippen LogP contribution in [0.5, 0.6) is 5.75 Å². The molecule has 0 atom stereocenters. The van der Waals surface area contributed by atoms with Gasteiger partial charge in [-0.15, -0.1) is 0 Å². The van der Waals surface area contributed by atoms with Crippen LogP contribution in [0.15, 0.2) is 71.8 Å². The molecule has 0 unspecified atom stereocenters. The molecule has 7 heteroatoms. The number of esters is 1. The summed E-state index contributed by atoms with van der Waals surface area (Å²) in [5.74, 6) is 0.109. The predicted molar refractivity (Wildman–Crippen MR) is 106 cm³/mol. The molecule has 0 saturated heterocycles. The van der Waals surface area contributed by atoms with E-state index in [0.717, 1.165) is 14.7 Å². The molecular formula is C21H17NO5S.